The first-order valence-corrected chi connectivity index (χ1v) is 21.3. The van der Waals surface area contributed by atoms with Gasteiger partial charge in [-0.3, -0.25) is 23.7 Å². The lowest BCUT2D eigenvalue weighted by Gasteiger charge is -2.39. The van der Waals surface area contributed by atoms with Crippen LogP contribution in [0.1, 0.15) is 62.7 Å². The number of aromatic nitrogens is 1. The molecule has 312 valence electrons. The number of benzene rings is 4. The van der Waals surface area contributed by atoms with E-state index in [9.17, 15) is 42.3 Å². The van der Waals surface area contributed by atoms with Crippen molar-refractivity contribution in [2.75, 3.05) is 33.2 Å². The standard InChI is InChI=1S/C43H43F2N6O8P/c1-25-8-15-37-33(18-25)38(48-59-37)42(55)49-17-16-32-13-14-36(41(54)50-22-30(21-46-2)34(23-50)27-6-4-3-5-7-27)51(32)40(53)35(24-49)47-39(52)28-10-9-26-11-12-31(20-29(26)19-28)43(44,45)60(56,57)58/h3-12,15,18-21,30,32,34-36H,13-14,16-17,22-24H2,1-2H3,(H,47,52)(H2,56,57,58)/t30-,32+,34+,35-,36-/m0/s1. The first-order valence-electron chi connectivity index (χ1n) is 19.7. The number of halogens is 2. The number of alkyl halides is 2. The number of carbonyl (C=O) groups excluding carboxylic acids is 4. The number of carbonyl (C=O) groups is 4. The molecule has 8 rings (SSSR count). The molecule has 3 saturated heterocycles. The van der Waals surface area contributed by atoms with Crippen molar-refractivity contribution in [3.8, 4) is 0 Å². The minimum Gasteiger partial charge on any atom is -0.355 e. The normalized spacial score (nSPS) is 22.7. The second kappa shape index (κ2) is 16.0. The molecule has 0 aliphatic carbocycles. The summed E-state index contributed by atoms with van der Waals surface area (Å²) in [7, 11) is -4.17. The van der Waals surface area contributed by atoms with E-state index in [4.69, 9.17) is 4.52 Å². The summed E-state index contributed by atoms with van der Waals surface area (Å²) in [5.41, 5.74) is -3.04. The van der Waals surface area contributed by atoms with Crippen LogP contribution in [-0.2, 0) is 19.8 Å². The lowest BCUT2D eigenvalue weighted by molar-refractivity contribution is -0.147. The van der Waals surface area contributed by atoms with Crippen molar-refractivity contribution in [3.63, 3.8) is 0 Å². The highest BCUT2D eigenvalue weighted by Gasteiger charge is 2.51. The fraction of sp³-hybridized carbons (Fsp3) is 0.349. The van der Waals surface area contributed by atoms with Crippen molar-refractivity contribution in [1.29, 1.82) is 0 Å². The monoisotopic (exact) mass is 840 g/mol. The van der Waals surface area contributed by atoms with E-state index in [2.05, 4.69) is 15.5 Å². The van der Waals surface area contributed by atoms with E-state index in [1.807, 2.05) is 49.5 Å². The third kappa shape index (κ3) is 7.59. The average molecular weight is 841 g/mol. The molecule has 3 aliphatic heterocycles. The third-order valence-corrected chi connectivity index (χ3v) is 12.9. The first-order chi connectivity index (χ1) is 28.6. The smallest absolute Gasteiger partial charge is 0.355 e. The van der Waals surface area contributed by atoms with Gasteiger partial charge in [-0.1, -0.05) is 65.3 Å². The Balaban J connectivity index is 1.10. The zero-order valence-electron chi connectivity index (χ0n) is 32.8. The van der Waals surface area contributed by atoms with Crippen molar-refractivity contribution < 1.29 is 46.8 Å². The highest BCUT2D eigenvalue weighted by molar-refractivity contribution is 7.52. The zero-order valence-corrected chi connectivity index (χ0v) is 33.7. The van der Waals surface area contributed by atoms with E-state index in [1.54, 1.807) is 29.0 Å². The number of nitrogens with zero attached hydrogens (tertiary/aromatic N) is 5. The summed E-state index contributed by atoms with van der Waals surface area (Å²) in [6.07, 6.45) is 3.08. The zero-order chi connectivity index (χ0) is 42.5. The van der Waals surface area contributed by atoms with E-state index in [0.29, 0.717) is 48.7 Å². The van der Waals surface area contributed by atoms with Crippen LogP contribution in [0.5, 0.6) is 0 Å². The molecule has 3 aliphatic rings. The minimum absolute atomic E-state index is 0.00291. The van der Waals surface area contributed by atoms with Crippen LogP contribution in [0.25, 0.3) is 21.7 Å². The van der Waals surface area contributed by atoms with Gasteiger partial charge < -0.3 is 39.3 Å². The number of aryl methyl sites for hydroxylation is 1. The summed E-state index contributed by atoms with van der Waals surface area (Å²) in [6.45, 7) is 2.60. The van der Waals surface area contributed by atoms with Crippen molar-refractivity contribution in [2.24, 2.45) is 10.9 Å². The van der Waals surface area contributed by atoms with Gasteiger partial charge in [-0.25, -0.2) is 0 Å². The van der Waals surface area contributed by atoms with Crippen LogP contribution in [0.3, 0.4) is 0 Å². The quantitative estimate of drug-likeness (QED) is 0.135. The summed E-state index contributed by atoms with van der Waals surface area (Å²) in [5.74, 6) is -2.09. The van der Waals surface area contributed by atoms with Crippen LogP contribution in [0.4, 0.5) is 8.78 Å². The number of aliphatic imine (C=N–C) groups is 1. The van der Waals surface area contributed by atoms with Gasteiger partial charge in [0.2, 0.25) is 11.8 Å². The molecule has 1 aromatic heterocycles. The molecule has 17 heteroatoms. The Hall–Kier alpha value is -5.83. The maximum atomic E-state index is 14.9. The fourth-order valence-electron chi connectivity index (χ4n) is 8.87. The minimum atomic E-state index is -5.87. The lowest BCUT2D eigenvalue weighted by atomic mass is 9.90. The topological polar surface area (TPSA) is 186 Å². The van der Waals surface area contributed by atoms with Gasteiger partial charge in [0.05, 0.1) is 11.9 Å². The number of likely N-dealkylation sites (tertiary alicyclic amines) is 1. The number of fused-ring (bicyclic) bond motifs is 3. The summed E-state index contributed by atoms with van der Waals surface area (Å²) in [4.78, 5) is 85.4. The Labute approximate surface area is 343 Å². The van der Waals surface area contributed by atoms with E-state index in [0.717, 1.165) is 23.3 Å². The molecule has 0 unspecified atom stereocenters. The molecule has 3 fully saturated rings. The SMILES string of the molecule is CN=C[C@H]1CN(C(=O)[C@@H]2CC[C@@H]3CCN(C(=O)c4noc5ccc(C)cc45)C[C@H](NC(=O)c4ccc5ccc(C(F)(F)P(=O)(O)O)cc5c4)C(=O)N32)C[C@@H]1c1ccccc1. The molecule has 5 atom stereocenters. The van der Waals surface area contributed by atoms with Gasteiger partial charge in [0, 0.05) is 61.9 Å². The number of rotatable bonds is 8. The number of hydrogen-bond acceptors (Lipinski definition) is 8. The van der Waals surface area contributed by atoms with Crippen LogP contribution in [0, 0.1) is 12.8 Å². The highest BCUT2D eigenvalue weighted by Crippen LogP contribution is 2.59. The van der Waals surface area contributed by atoms with Crippen LogP contribution < -0.4 is 5.32 Å². The van der Waals surface area contributed by atoms with Crippen LogP contribution in [0.2, 0.25) is 0 Å². The van der Waals surface area contributed by atoms with Crippen molar-refractivity contribution in [2.45, 2.75) is 55.9 Å². The van der Waals surface area contributed by atoms with E-state index in [1.165, 1.54) is 29.2 Å². The van der Waals surface area contributed by atoms with Gasteiger partial charge in [0.1, 0.15) is 12.1 Å². The van der Waals surface area contributed by atoms with Gasteiger partial charge in [-0.05, 0) is 72.9 Å². The maximum absolute atomic E-state index is 14.9. The molecule has 14 nitrogen and oxygen atoms in total. The second-order valence-electron chi connectivity index (χ2n) is 15.8. The molecular weight excluding hydrogens is 797 g/mol. The summed E-state index contributed by atoms with van der Waals surface area (Å²) < 4.78 is 46.4. The summed E-state index contributed by atoms with van der Waals surface area (Å²) in [5, 5.41) is 7.84. The van der Waals surface area contributed by atoms with Gasteiger partial charge >= 0.3 is 13.3 Å². The molecule has 0 spiro atoms. The largest absolute Gasteiger partial charge is 0.399 e. The molecule has 0 bridgehead atoms. The van der Waals surface area contributed by atoms with Gasteiger partial charge in [-0.2, -0.15) is 8.78 Å². The molecule has 0 saturated carbocycles. The van der Waals surface area contributed by atoms with E-state index in [-0.39, 0.29) is 47.5 Å². The van der Waals surface area contributed by atoms with Crippen LogP contribution >= 0.6 is 7.60 Å². The van der Waals surface area contributed by atoms with Crippen molar-refractivity contribution in [1.82, 2.24) is 25.2 Å². The van der Waals surface area contributed by atoms with Gasteiger partial charge in [0.25, 0.3) is 11.8 Å². The number of amides is 4. The number of nitrogens with one attached hydrogen (secondary N) is 1. The average Bonchev–Trinajstić information content (AvgIpc) is 3.97. The van der Waals surface area contributed by atoms with E-state index < -0.39 is 54.7 Å². The van der Waals surface area contributed by atoms with Gasteiger partial charge in [0.15, 0.2) is 11.3 Å². The Bertz CT molecular complexity index is 2580. The molecule has 4 heterocycles. The van der Waals surface area contributed by atoms with Crippen LogP contribution in [0.15, 0.2) is 94.4 Å². The molecular formula is C43H43F2N6O8P. The molecule has 5 aromatic rings. The van der Waals surface area contributed by atoms with Gasteiger partial charge in [-0.15, -0.1) is 0 Å². The lowest BCUT2D eigenvalue weighted by Crippen LogP contribution is -2.61. The molecule has 4 amide bonds. The fourth-order valence-corrected chi connectivity index (χ4v) is 9.34. The second-order valence-corrected chi connectivity index (χ2v) is 17.4. The Morgan fingerprint density at radius 3 is 2.45 bits per heavy atom. The Morgan fingerprint density at radius 1 is 0.933 bits per heavy atom. The summed E-state index contributed by atoms with van der Waals surface area (Å²) in [6, 6.07) is 19.9. The highest BCUT2D eigenvalue weighted by atomic mass is 31.2. The Morgan fingerprint density at radius 2 is 1.70 bits per heavy atom. The number of hydrogen-bond donors (Lipinski definition) is 3. The predicted molar refractivity (Wildman–Crippen MR) is 218 cm³/mol. The first kappa shape index (κ1) is 40.9. The Kier molecular flexibility index (Phi) is 10.9. The summed E-state index contributed by atoms with van der Waals surface area (Å²) >= 11 is 0. The van der Waals surface area contributed by atoms with Crippen molar-refractivity contribution >= 4 is 59.2 Å². The van der Waals surface area contributed by atoms with Crippen molar-refractivity contribution in [3.05, 3.63) is 113 Å². The molecule has 60 heavy (non-hydrogen) atoms. The molecule has 0 radical (unpaired) electrons. The maximum Gasteiger partial charge on any atom is 0.399 e. The van der Waals surface area contributed by atoms with E-state index >= 15 is 0 Å². The third-order valence-electron chi connectivity index (χ3n) is 12.0. The molecule has 3 N–H and O–H groups in total. The molecule has 4 aromatic carbocycles. The predicted octanol–water partition coefficient (Wildman–Crippen LogP) is 5.46. The van der Waals surface area contributed by atoms with Crippen LogP contribution in [-0.4, -0.2) is 111 Å².